The number of aryl methyl sites for hydroxylation is 1. The zero-order valence-corrected chi connectivity index (χ0v) is 15.2. The Morgan fingerprint density at radius 2 is 1.88 bits per heavy atom. The first-order chi connectivity index (χ1) is 11.6. The molecule has 1 N–H and O–H groups in total. The number of piperazine rings is 1. The van der Waals surface area contributed by atoms with E-state index in [0.717, 1.165) is 57.4 Å². The van der Waals surface area contributed by atoms with Gasteiger partial charge >= 0.3 is 5.97 Å². The van der Waals surface area contributed by atoms with E-state index in [1.807, 2.05) is 0 Å². The molecular formula is C17H25N3O3S. The van der Waals surface area contributed by atoms with E-state index < -0.39 is 0 Å². The largest absolute Gasteiger partial charge is 0.465 e. The Morgan fingerprint density at radius 3 is 2.58 bits per heavy atom. The number of carbonyl (C=O) groups is 2. The monoisotopic (exact) mass is 351 g/mol. The fourth-order valence-corrected chi connectivity index (χ4v) is 4.64. The van der Waals surface area contributed by atoms with Gasteiger partial charge < -0.3 is 15.0 Å². The number of ether oxygens (including phenoxy) is 1. The van der Waals surface area contributed by atoms with Crippen molar-refractivity contribution in [3.05, 3.63) is 16.0 Å². The smallest absolute Gasteiger partial charge is 0.341 e. The lowest BCUT2D eigenvalue weighted by Crippen LogP contribution is -2.47. The maximum Gasteiger partial charge on any atom is 0.341 e. The number of carbonyl (C=O) groups excluding carboxylic acids is 2. The van der Waals surface area contributed by atoms with E-state index in [-0.39, 0.29) is 11.9 Å². The first kappa shape index (κ1) is 17.4. The summed E-state index contributed by atoms with van der Waals surface area (Å²) in [5.74, 6) is -0.396. The van der Waals surface area contributed by atoms with Crippen molar-refractivity contribution in [2.75, 3.05) is 52.2 Å². The highest BCUT2D eigenvalue weighted by Gasteiger charge is 2.27. The zero-order valence-electron chi connectivity index (χ0n) is 14.4. The molecule has 3 rings (SSSR count). The minimum absolute atomic E-state index is 0.0525. The van der Waals surface area contributed by atoms with Crippen LogP contribution in [0.1, 0.15) is 33.6 Å². The van der Waals surface area contributed by atoms with Gasteiger partial charge in [0.05, 0.1) is 19.2 Å². The van der Waals surface area contributed by atoms with Crippen molar-refractivity contribution < 1.29 is 14.3 Å². The van der Waals surface area contributed by atoms with Gasteiger partial charge in [0.25, 0.3) is 0 Å². The van der Waals surface area contributed by atoms with Crippen LogP contribution in [0.25, 0.3) is 0 Å². The summed E-state index contributed by atoms with van der Waals surface area (Å²) in [6.07, 6.45) is 4.11. The van der Waals surface area contributed by atoms with Crippen LogP contribution in [0.2, 0.25) is 0 Å². The third-order valence-corrected chi connectivity index (χ3v) is 5.98. The number of likely N-dealkylation sites (N-methyl/N-ethyl adjacent to an activating group) is 1. The number of esters is 1. The van der Waals surface area contributed by atoms with Gasteiger partial charge in [-0.1, -0.05) is 0 Å². The molecule has 2 heterocycles. The van der Waals surface area contributed by atoms with Gasteiger partial charge in [-0.3, -0.25) is 9.69 Å². The number of rotatable bonds is 4. The van der Waals surface area contributed by atoms with Gasteiger partial charge in [-0.25, -0.2) is 4.79 Å². The highest BCUT2D eigenvalue weighted by atomic mass is 32.1. The normalized spacial score (nSPS) is 18.9. The third kappa shape index (κ3) is 3.79. The summed E-state index contributed by atoms with van der Waals surface area (Å²) >= 11 is 1.54. The van der Waals surface area contributed by atoms with Crippen LogP contribution >= 0.6 is 11.3 Å². The number of anilines is 1. The number of thiophene rings is 1. The molecule has 1 fully saturated rings. The Bertz CT molecular complexity index is 621. The lowest BCUT2D eigenvalue weighted by molar-refractivity contribution is -0.117. The molecule has 1 amide bonds. The molecule has 0 saturated carbocycles. The van der Waals surface area contributed by atoms with Gasteiger partial charge in [-0.2, -0.15) is 0 Å². The van der Waals surface area contributed by atoms with Gasteiger partial charge in [0.1, 0.15) is 5.00 Å². The summed E-state index contributed by atoms with van der Waals surface area (Å²) in [7, 11) is 3.49. The molecule has 0 bridgehead atoms. The number of amides is 1. The van der Waals surface area contributed by atoms with Crippen molar-refractivity contribution in [1.82, 2.24) is 9.80 Å². The van der Waals surface area contributed by atoms with Crippen molar-refractivity contribution in [3.63, 3.8) is 0 Å². The Balaban J connectivity index is 1.71. The standard InChI is InChI=1S/C17H25N3O3S/c1-19-7-9-20(10-8-19)11-14(21)18-16-15(17(22)23-2)12-5-3-4-6-13(12)24-16/h3-11H2,1-2H3,(H,18,21). The summed E-state index contributed by atoms with van der Waals surface area (Å²) < 4.78 is 4.95. The average molecular weight is 351 g/mol. The Morgan fingerprint density at radius 1 is 1.17 bits per heavy atom. The molecule has 1 aliphatic heterocycles. The molecule has 0 spiro atoms. The van der Waals surface area contributed by atoms with Gasteiger partial charge in [0.15, 0.2) is 0 Å². The van der Waals surface area contributed by atoms with Crippen LogP contribution in [0.3, 0.4) is 0 Å². The van der Waals surface area contributed by atoms with Crippen molar-refractivity contribution in [3.8, 4) is 0 Å². The molecule has 2 aliphatic rings. The fourth-order valence-electron chi connectivity index (χ4n) is 3.35. The van der Waals surface area contributed by atoms with Crippen molar-refractivity contribution in [2.24, 2.45) is 0 Å². The number of hydrogen-bond acceptors (Lipinski definition) is 6. The van der Waals surface area contributed by atoms with Crippen molar-refractivity contribution in [1.29, 1.82) is 0 Å². The minimum atomic E-state index is -0.343. The first-order valence-electron chi connectivity index (χ1n) is 8.52. The molecule has 0 atom stereocenters. The summed E-state index contributed by atoms with van der Waals surface area (Å²) in [4.78, 5) is 30.3. The van der Waals surface area contributed by atoms with Gasteiger partial charge in [0.2, 0.25) is 5.91 Å². The number of fused-ring (bicyclic) bond motifs is 1. The molecular weight excluding hydrogens is 326 g/mol. The van der Waals surface area contributed by atoms with E-state index in [9.17, 15) is 9.59 Å². The Labute approximate surface area is 146 Å². The topological polar surface area (TPSA) is 61.9 Å². The number of nitrogens with one attached hydrogen (secondary N) is 1. The van der Waals surface area contributed by atoms with E-state index in [4.69, 9.17) is 4.74 Å². The summed E-state index contributed by atoms with van der Waals surface area (Å²) in [6, 6.07) is 0. The van der Waals surface area contributed by atoms with Gasteiger partial charge in [0, 0.05) is 31.1 Å². The van der Waals surface area contributed by atoms with E-state index in [0.29, 0.717) is 17.1 Å². The second-order valence-corrected chi connectivity index (χ2v) is 7.64. The third-order valence-electron chi connectivity index (χ3n) is 4.78. The lowest BCUT2D eigenvalue weighted by atomic mass is 9.95. The van der Waals surface area contributed by atoms with Crippen molar-refractivity contribution in [2.45, 2.75) is 25.7 Å². The molecule has 1 aromatic rings. The minimum Gasteiger partial charge on any atom is -0.465 e. The Hall–Kier alpha value is -1.44. The van der Waals surface area contributed by atoms with Crippen LogP contribution < -0.4 is 5.32 Å². The number of methoxy groups -OCH3 is 1. The van der Waals surface area contributed by atoms with E-state index >= 15 is 0 Å². The summed E-state index contributed by atoms with van der Waals surface area (Å²) in [6.45, 7) is 4.13. The van der Waals surface area contributed by atoms with Gasteiger partial charge in [-0.15, -0.1) is 11.3 Å². The molecule has 132 valence electrons. The highest BCUT2D eigenvalue weighted by molar-refractivity contribution is 7.17. The van der Waals surface area contributed by atoms with Crippen LogP contribution in [0.5, 0.6) is 0 Å². The SMILES string of the molecule is COC(=O)c1c(NC(=O)CN2CCN(C)CC2)sc2c1CCCC2. The van der Waals surface area contributed by atoms with Crippen molar-refractivity contribution >= 4 is 28.2 Å². The van der Waals surface area contributed by atoms with Crippen LogP contribution in [-0.2, 0) is 22.4 Å². The van der Waals surface area contributed by atoms with E-state index in [1.165, 1.54) is 23.3 Å². The van der Waals surface area contributed by atoms with E-state index in [2.05, 4.69) is 22.2 Å². The summed E-state index contributed by atoms with van der Waals surface area (Å²) in [5.41, 5.74) is 1.65. The lowest BCUT2D eigenvalue weighted by Gasteiger charge is -2.31. The number of hydrogen-bond donors (Lipinski definition) is 1. The molecule has 1 aromatic heterocycles. The molecule has 0 radical (unpaired) electrons. The predicted molar refractivity (Wildman–Crippen MR) is 94.9 cm³/mol. The highest BCUT2D eigenvalue weighted by Crippen LogP contribution is 2.38. The van der Waals surface area contributed by atoms with Gasteiger partial charge in [-0.05, 0) is 38.3 Å². The van der Waals surface area contributed by atoms with Crippen LogP contribution in [0.4, 0.5) is 5.00 Å². The predicted octanol–water partition coefficient (Wildman–Crippen LogP) is 1.60. The Kier molecular flexibility index (Phi) is 5.53. The average Bonchev–Trinajstić information content (AvgIpc) is 2.94. The maximum atomic E-state index is 12.4. The molecule has 7 heteroatoms. The molecule has 24 heavy (non-hydrogen) atoms. The summed E-state index contributed by atoms with van der Waals surface area (Å²) in [5, 5.41) is 3.63. The van der Waals surface area contributed by atoms with Crippen LogP contribution in [0, 0.1) is 0 Å². The van der Waals surface area contributed by atoms with Crippen LogP contribution in [0.15, 0.2) is 0 Å². The molecule has 6 nitrogen and oxygen atoms in total. The zero-order chi connectivity index (χ0) is 17.1. The first-order valence-corrected chi connectivity index (χ1v) is 9.33. The second kappa shape index (κ2) is 7.63. The quantitative estimate of drug-likeness (QED) is 0.835. The molecule has 0 aromatic carbocycles. The molecule has 1 aliphatic carbocycles. The van der Waals surface area contributed by atoms with Crippen LogP contribution in [-0.4, -0.2) is 68.6 Å². The number of nitrogens with zero attached hydrogens (tertiary/aromatic N) is 2. The van der Waals surface area contributed by atoms with E-state index in [1.54, 1.807) is 0 Å². The fraction of sp³-hybridized carbons (Fsp3) is 0.647. The second-order valence-electron chi connectivity index (χ2n) is 6.53. The maximum absolute atomic E-state index is 12.4. The molecule has 0 unspecified atom stereocenters. The molecule has 1 saturated heterocycles.